The third kappa shape index (κ3) is 4.94. The van der Waals surface area contributed by atoms with Crippen molar-refractivity contribution in [1.29, 1.82) is 0 Å². The van der Waals surface area contributed by atoms with E-state index in [9.17, 15) is 13.2 Å². The predicted octanol–water partition coefficient (Wildman–Crippen LogP) is 1.56. The van der Waals surface area contributed by atoms with Crippen LogP contribution in [0.5, 0.6) is 0 Å². The molecule has 2 rings (SSSR count). The van der Waals surface area contributed by atoms with Gasteiger partial charge in [0.25, 0.3) is 5.91 Å². The summed E-state index contributed by atoms with van der Waals surface area (Å²) in [6.07, 6.45) is 3.33. The molecule has 0 aliphatic rings. The van der Waals surface area contributed by atoms with Gasteiger partial charge in [0.1, 0.15) is 0 Å². The Balaban J connectivity index is 2.26. The van der Waals surface area contributed by atoms with Gasteiger partial charge in [-0.15, -0.1) is 0 Å². The van der Waals surface area contributed by atoms with Crippen LogP contribution in [0.2, 0.25) is 0 Å². The highest BCUT2D eigenvalue weighted by Gasteiger charge is 2.23. The first-order valence-electron chi connectivity index (χ1n) is 8.54. The second-order valence-electron chi connectivity index (χ2n) is 6.95. The monoisotopic (exact) mass is 393 g/mol. The minimum absolute atomic E-state index is 0.138. The van der Waals surface area contributed by atoms with Crippen molar-refractivity contribution in [2.45, 2.75) is 25.3 Å². The molecule has 0 unspecified atom stereocenters. The summed E-state index contributed by atoms with van der Waals surface area (Å²) in [5, 5.41) is 7.00. The molecular weight excluding hydrogens is 366 g/mol. The number of sulfonamides is 1. The summed E-state index contributed by atoms with van der Waals surface area (Å²) in [5.74, 6) is -0.375. The number of amides is 1. The van der Waals surface area contributed by atoms with E-state index in [-0.39, 0.29) is 10.8 Å². The number of carbonyl (C=O) groups excluding carboxylic acids is 1. The van der Waals surface area contributed by atoms with E-state index in [1.165, 1.54) is 20.2 Å². The molecule has 0 saturated heterocycles. The lowest BCUT2D eigenvalue weighted by atomic mass is 10.1. The van der Waals surface area contributed by atoms with Gasteiger partial charge in [0.05, 0.1) is 23.3 Å². The standard InChI is InChI=1S/C18H27N5O3S/c1-13-9-15(10-17(14(13)2)27(25,26)22(5)6)18(24)20-16-11-19-23(12-16)8-7-21(3)4/h9-12H,7-8H2,1-6H3,(H,20,24). The minimum Gasteiger partial charge on any atom is -0.319 e. The molecule has 1 aromatic carbocycles. The van der Waals surface area contributed by atoms with Crippen LogP contribution in [0, 0.1) is 13.8 Å². The largest absolute Gasteiger partial charge is 0.319 e. The first kappa shape index (κ1) is 21.1. The minimum atomic E-state index is -3.64. The van der Waals surface area contributed by atoms with E-state index in [4.69, 9.17) is 0 Å². The van der Waals surface area contributed by atoms with E-state index in [0.29, 0.717) is 23.4 Å². The van der Waals surface area contributed by atoms with Crippen LogP contribution in [0.1, 0.15) is 21.5 Å². The molecule has 0 atom stereocenters. The number of rotatable bonds is 7. The van der Waals surface area contributed by atoms with Crippen molar-refractivity contribution in [1.82, 2.24) is 19.0 Å². The van der Waals surface area contributed by atoms with Gasteiger partial charge in [0.2, 0.25) is 10.0 Å². The molecule has 0 spiro atoms. The Morgan fingerprint density at radius 3 is 2.44 bits per heavy atom. The van der Waals surface area contributed by atoms with E-state index >= 15 is 0 Å². The van der Waals surface area contributed by atoms with E-state index in [0.717, 1.165) is 16.4 Å². The summed E-state index contributed by atoms with van der Waals surface area (Å²) in [6, 6.07) is 3.11. The quantitative estimate of drug-likeness (QED) is 0.771. The second-order valence-corrected chi connectivity index (χ2v) is 9.07. The predicted molar refractivity (Wildman–Crippen MR) is 106 cm³/mol. The SMILES string of the molecule is Cc1cc(C(=O)Nc2cnn(CCN(C)C)c2)cc(S(=O)(=O)N(C)C)c1C. The lowest BCUT2D eigenvalue weighted by Gasteiger charge is -2.16. The fraction of sp³-hybridized carbons (Fsp3) is 0.444. The molecule has 0 radical (unpaired) electrons. The third-order valence-corrected chi connectivity index (χ3v) is 6.25. The van der Waals surface area contributed by atoms with Crippen molar-refractivity contribution < 1.29 is 13.2 Å². The Bertz CT molecular complexity index is 932. The van der Waals surface area contributed by atoms with Gasteiger partial charge in [-0.3, -0.25) is 9.48 Å². The molecule has 0 aliphatic carbocycles. The summed E-state index contributed by atoms with van der Waals surface area (Å²) in [6.45, 7) is 5.07. The second kappa shape index (κ2) is 8.20. The molecule has 1 heterocycles. The topological polar surface area (TPSA) is 87.5 Å². The zero-order valence-electron chi connectivity index (χ0n) is 16.6. The molecule has 148 valence electrons. The molecule has 8 nitrogen and oxygen atoms in total. The number of aryl methyl sites for hydroxylation is 1. The summed E-state index contributed by atoms with van der Waals surface area (Å²) in [4.78, 5) is 14.8. The molecule has 1 N–H and O–H groups in total. The molecule has 0 fully saturated rings. The van der Waals surface area contributed by atoms with E-state index < -0.39 is 10.0 Å². The highest BCUT2D eigenvalue weighted by molar-refractivity contribution is 7.89. The zero-order valence-corrected chi connectivity index (χ0v) is 17.5. The molecule has 9 heteroatoms. The normalized spacial score (nSPS) is 12.0. The van der Waals surface area contributed by atoms with Crippen LogP contribution in [-0.2, 0) is 16.6 Å². The van der Waals surface area contributed by atoms with Crippen LogP contribution >= 0.6 is 0 Å². The Labute approximate surface area is 160 Å². The average Bonchev–Trinajstić information content (AvgIpc) is 3.02. The molecule has 0 aliphatic heterocycles. The van der Waals surface area contributed by atoms with Crippen LogP contribution in [0.4, 0.5) is 5.69 Å². The summed E-state index contributed by atoms with van der Waals surface area (Å²) in [5.41, 5.74) is 2.23. The Morgan fingerprint density at radius 1 is 1.19 bits per heavy atom. The molecule has 1 aromatic heterocycles. The van der Waals surface area contributed by atoms with Crippen molar-refractivity contribution in [2.75, 3.05) is 40.1 Å². The highest BCUT2D eigenvalue weighted by Crippen LogP contribution is 2.24. The van der Waals surface area contributed by atoms with Gasteiger partial charge in [0, 0.05) is 32.4 Å². The number of nitrogens with one attached hydrogen (secondary N) is 1. The van der Waals surface area contributed by atoms with Crippen LogP contribution in [0.15, 0.2) is 29.4 Å². The number of likely N-dealkylation sites (N-methyl/N-ethyl adjacent to an activating group) is 1. The molecule has 2 aromatic rings. The van der Waals surface area contributed by atoms with E-state index in [1.54, 1.807) is 37.0 Å². The summed E-state index contributed by atoms with van der Waals surface area (Å²) < 4.78 is 28.0. The third-order valence-electron chi connectivity index (χ3n) is 4.31. The van der Waals surface area contributed by atoms with Crippen LogP contribution in [0.3, 0.4) is 0 Å². The average molecular weight is 394 g/mol. The number of anilines is 1. The maximum atomic E-state index is 12.6. The number of hydrogen-bond acceptors (Lipinski definition) is 5. The first-order valence-corrected chi connectivity index (χ1v) is 9.98. The maximum Gasteiger partial charge on any atom is 0.255 e. The lowest BCUT2D eigenvalue weighted by Crippen LogP contribution is -2.24. The molecular formula is C18H27N5O3S. The lowest BCUT2D eigenvalue weighted by molar-refractivity contribution is 0.102. The fourth-order valence-corrected chi connectivity index (χ4v) is 3.70. The molecule has 0 bridgehead atoms. The van der Waals surface area contributed by atoms with E-state index in [1.807, 2.05) is 19.0 Å². The van der Waals surface area contributed by atoms with Crippen LogP contribution in [0.25, 0.3) is 0 Å². The smallest absolute Gasteiger partial charge is 0.255 e. The van der Waals surface area contributed by atoms with Crippen molar-refractivity contribution in [3.63, 3.8) is 0 Å². The number of nitrogens with zero attached hydrogens (tertiary/aromatic N) is 4. The highest BCUT2D eigenvalue weighted by atomic mass is 32.2. The van der Waals surface area contributed by atoms with Gasteiger partial charge < -0.3 is 10.2 Å². The van der Waals surface area contributed by atoms with Gasteiger partial charge in [-0.05, 0) is 51.2 Å². The number of hydrogen-bond donors (Lipinski definition) is 1. The van der Waals surface area contributed by atoms with Crippen molar-refractivity contribution in [2.24, 2.45) is 0 Å². The maximum absolute atomic E-state index is 12.6. The number of carbonyl (C=O) groups is 1. The first-order chi connectivity index (χ1) is 12.5. The fourth-order valence-electron chi connectivity index (χ4n) is 2.48. The van der Waals surface area contributed by atoms with Crippen molar-refractivity contribution in [3.8, 4) is 0 Å². The Kier molecular flexibility index (Phi) is 6.40. The summed E-state index contributed by atoms with van der Waals surface area (Å²) >= 11 is 0. The Morgan fingerprint density at radius 2 is 1.85 bits per heavy atom. The van der Waals surface area contributed by atoms with Crippen molar-refractivity contribution in [3.05, 3.63) is 41.2 Å². The van der Waals surface area contributed by atoms with Crippen molar-refractivity contribution >= 4 is 21.6 Å². The zero-order chi connectivity index (χ0) is 20.4. The Hall–Kier alpha value is -2.23. The van der Waals surface area contributed by atoms with Gasteiger partial charge in [-0.25, -0.2) is 12.7 Å². The van der Waals surface area contributed by atoms with E-state index in [2.05, 4.69) is 10.4 Å². The number of benzene rings is 1. The van der Waals surface area contributed by atoms with Gasteiger partial charge >= 0.3 is 0 Å². The van der Waals surface area contributed by atoms with Gasteiger partial charge in [0.15, 0.2) is 0 Å². The molecule has 27 heavy (non-hydrogen) atoms. The molecule has 0 saturated carbocycles. The number of aromatic nitrogens is 2. The summed E-state index contributed by atoms with van der Waals surface area (Å²) in [7, 11) is 3.26. The van der Waals surface area contributed by atoms with Crippen LogP contribution < -0.4 is 5.32 Å². The van der Waals surface area contributed by atoms with Crippen LogP contribution in [-0.4, -0.2) is 68.0 Å². The van der Waals surface area contributed by atoms with Gasteiger partial charge in [-0.2, -0.15) is 5.10 Å². The molecule has 1 amide bonds. The van der Waals surface area contributed by atoms with Gasteiger partial charge in [-0.1, -0.05) is 0 Å².